The molecule has 2 saturated carbocycles. The summed E-state index contributed by atoms with van der Waals surface area (Å²) in [5.74, 6) is 0.912. The van der Waals surface area contributed by atoms with E-state index in [1.54, 1.807) is 0 Å². The molecule has 2 nitrogen and oxygen atoms in total. The Morgan fingerprint density at radius 2 is 1.56 bits per heavy atom. The van der Waals surface area contributed by atoms with Gasteiger partial charge in [-0.3, -0.25) is 0 Å². The molecule has 0 amide bonds. The third-order valence-corrected chi connectivity index (χ3v) is 1.65. The molecular weight excluding hydrogens is 112 g/mol. The van der Waals surface area contributed by atoms with Crippen LogP contribution in [-0.2, 0) is 0 Å². The van der Waals surface area contributed by atoms with Crippen LogP contribution in [0.4, 0.5) is 0 Å². The van der Waals surface area contributed by atoms with E-state index in [4.69, 9.17) is 11.5 Å². The molecule has 4 N–H and O–H groups in total. The van der Waals surface area contributed by atoms with Gasteiger partial charge in [-0.15, -0.1) is 0 Å². The summed E-state index contributed by atoms with van der Waals surface area (Å²) in [6, 6.07) is 0.583. The Labute approximate surface area is 56.6 Å². The van der Waals surface area contributed by atoms with Gasteiger partial charge in [-0.05, 0) is 38.1 Å². The van der Waals surface area contributed by atoms with Crippen LogP contribution in [0.25, 0.3) is 0 Å². The summed E-state index contributed by atoms with van der Waals surface area (Å²) in [7, 11) is 0. The predicted octanol–water partition coefficient (Wildman–Crippen LogP) is 0.463. The van der Waals surface area contributed by atoms with Crippen molar-refractivity contribution >= 4 is 0 Å². The van der Waals surface area contributed by atoms with E-state index in [0.717, 1.165) is 12.5 Å². The molecule has 2 aliphatic rings. The average molecular weight is 128 g/mol. The number of nitrogens with two attached hydrogens (primary N) is 2. The van der Waals surface area contributed by atoms with E-state index in [9.17, 15) is 0 Å². The molecular formula is C7H16N2. The van der Waals surface area contributed by atoms with E-state index in [1.165, 1.54) is 25.7 Å². The Kier molecular flexibility index (Phi) is 2.49. The van der Waals surface area contributed by atoms with E-state index < -0.39 is 0 Å². The molecule has 0 aromatic heterocycles. The first-order valence-electron chi connectivity index (χ1n) is 3.78. The third-order valence-electron chi connectivity index (χ3n) is 1.65. The molecule has 2 heteroatoms. The van der Waals surface area contributed by atoms with Crippen molar-refractivity contribution in [2.24, 2.45) is 17.4 Å². The second-order valence-corrected chi connectivity index (χ2v) is 3.02. The zero-order valence-electron chi connectivity index (χ0n) is 5.84. The summed E-state index contributed by atoms with van der Waals surface area (Å²) in [5.41, 5.74) is 10.5. The molecule has 54 valence electrons. The van der Waals surface area contributed by atoms with Gasteiger partial charge in [-0.25, -0.2) is 0 Å². The molecule has 0 unspecified atom stereocenters. The molecule has 2 aliphatic carbocycles. The van der Waals surface area contributed by atoms with Crippen LogP contribution in [0.3, 0.4) is 0 Å². The minimum Gasteiger partial charge on any atom is -0.330 e. The summed E-state index contributed by atoms with van der Waals surface area (Å²) in [6.45, 7) is 0.917. The Balaban J connectivity index is 0.0000000922. The van der Waals surface area contributed by atoms with Crippen LogP contribution in [-0.4, -0.2) is 12.6 Å². The number of hydrogen-bond acceptors (Lipinski definition) is 2. The van der Waals surface area contributed by atoms with Crippen LogP contribution in [0, 0.1) is 5.92 Å². The number of rotatable bonds is 1. The topological polar surface area (TPSA) is 52.0 Å². The Bertz CT molecular complexity index is 75.0. The summed E-state index contributed by atoms with van der Waals surface area (Å²) in [6.07, 6.45) is 5.30. The standard InChI is InChI=1S/C4H9N.C3H7N/c5-3-4-1-2-4;4-3-1-2-3/h4H,1-3,5H2;3H,1-2,4H2. The van der Waals surface area contributed by atoms with Gasteiger partial charge in [0.25, 0.3) is 0 Å². The quantitative estimate of drug-likeness (QED) is 0.539. The summed E-state index contributed by atoms with van der Waals surface area (Å²) in [4.78, 5) is 0. The molecule has 0 aromatic carbocycles. The van der Waals surface area contributed by atoms with Crippen LogP contribution in [0.5, 0.6) is 0 Å². The Morgan fingerprint density at radius 3 is 1.56 bits per heavy atom. The first kappa shape index (κ1) is 7.03. The van der Waals surface area contributed by atoms with Crippen molar-refractivity contribution in [1.82, 2.24) is 0 Å². The maximum atomic E-state index is 5.23. The van der Waals surface area contributed by atoms with E-state index in [2.05, 4.69) is 0 Å². The van der Waals surface area contributed by atoms with Crippen LogP contribution in [0.2, 0.25) is 0 Å². The summed E-state index contributed by atoms with van der Waals surface area (Å²) >= 11 is 0. The fourth-order valence-electron chi connectivity index (χ4n) is 0.450. The predicted molar refractivity (Wildman–Crippen MR) is 39.0 cm³/mol. The Hall–Kier alpha value is -0.0800. The van der Waals surface area contributed by atoms with Crippen molar-refractivity contribution in [1.29, 1.82) is 0 Å². The third kappa shape index (κ3) is 4.43. The molecule has 2 fully saturated rings. The lowest BCUT2D eigenvalue weighted by Gasteiger charge is -1.74. The van der Waals surface area contributed by atoms with Crippen molar-refractivity contribution < 1.29 is 0 Å². The molecule has 0 bridgehead atoms. The lowest BCUT2D eigenvalue weighted by atomic mass is 10.5. The largest absolute Gasteiger partial charge is 0.330 e. The van der Waals surface area contributed by atoms with Crippen molar-refractivity contribution in [3.05, 3.63) is 0 Å². The van der Waals surface area contributed by atoms with Crippen LogP contribution in [0.15, 0.2) is 0 Å². The van der Waals surface area contributed by atoms with Gasteiger partial charge >= 0.3 is 0 Å². The highest BCUT2D eigenvalue weighted by atomic mass is 14.7. The maximum Gasteiger partial charge on any atom is 0.00399 e. The smallest absolute Gasteiger partial charge is 0.00399 e. The molecule has 0 aromatic rings. The maximum absolute atomic E-state index is 5.23. The van der Waals surface area contributed by atoms with Crippen LogP contribution >= 0.6 is 0 Å². The van der Waals surface area contributed by atoms with Crippen molar-refractivity contribution in [3.63, 3.8) is 0 Å². The van der Waals surface area contributed by atoms with E-state index in [-0.39, 0.29) is 0 Å². The first-order chi connectivity index (χ1) is 4.33. The lowest BCUT2D eigenvalue weighted by molar-refractivity contribution is 0.847. The lowest BCUT2D eigenvalue weighted by Crippen LogP contribution is -1.98. The molecule has 0 atom stereocenters. The first-order valence-corrected chi connectivity index (χ1v) is 3.78. The van der Waals surface area contributed by atoms with Crippen molar-refractivity contribution in [3.8, 4) is 0 Å². The minimum absolute atomic E-state index is 0.583. The van der Waals surface area contributed by atoms with Gasteiger partial charge in [0.2, 0.25) is 0 Å². The highest BCUT2D eigenvalue weighted by Gasteiger charge is 2.17. The van der Waals surface area contributed by atoms with Crippen molar-refractivity contribution in [2.75, 3.05) is 6.54 Å². The summed E-state index contributed by atoms with van der Waals surface area (Å²) < 4.78 is 0. The van der Waals surface area contributed by atoms with E-state index in [0.29, 0.717) is 6.04 Å². The van der Waals surface area contributed by atoms with Gasteiger partial charge in [-0.1, -0.05) is 0 Å². The van der Waals surface area contributed by atoms with Gasteiger partial charge in [-0.2, -0.15) is 0 Å². The number of hydrogen-bond donors (Lipinski definition) is 2. The second-order valence-electron chi connectivity index (χ2n) is 3.02. The molecule has 9 heavy (non-hydrogen) atoms. The van der Waals surface area contributed by atoms with Gasteiger partial charge in [0.1, 0.15) is 0 Å². The Morgan fingerprint density at radius 1 is 1.11 bits per heavy atom. The molecule has 0 saturated heterocycles. The van der Waals surface area contributed by atoms with Gasteiger partial charge < -0.3 is 11.5 Å². The fourth-order valence-corrected chi connectivity index (χ4v) is 0.450. The average Bonchev–Trinajstić information content (AvgIpc) is 2.57. The van der Waals surface area contributed by atoms with E-state index in [1.807, 2.05) is 0 Å². The normalized spacial score (nSPS) is 24.7. The van der Waals surface area contributed by atoms with E-state index >= 15 is 0 Å². The zero-order chi connectivity index (χ0) is 6.69. The van der Waals surface area contributed by atoms with Crippen LogP contribution < -0.4 is 11.5 Å². The molecule has 0 radical (unpaired) electrons. The van der Waals surface area contributed by atoms with Crippen molar-refractivity contribution in [2.45, 2.75) is 31.7 Å². The highest BCUT2D eigenvalue weighted by molar-refractivity contribution is 4.75. The van der Waals surface area contributed by atoms with Gasteiger partial charge in [0, 0.05) is 6.04 Å². The fraction of sp³-hybridized carbons (Fsp3) is 1.00. The monoisotopic (exact) mass is 128 g/mol. The second kappa shape index (κ2) is 3.18. The minimum atomic E-state index is 0.583. The molecule has 0 heterocycles. The van der Waals surface area contributed by atoms with Gasteiger partial charge in [0.15, 0.2) is 0 Å². The highest BCUT2D eigenvalue weighted by Crippen LogP contribution is 2.26. The SMILES string of the molecule is NC1CC1.NCC1CC1. The molecule has 0 spiro atoms. The molecule has 0 aliphatic heterocycles. The van der Waals surface area contributed by atoms with Crippen LogP contribution in [0.1, 0.15) is 25.7 Å². The van der Waals surface area contributed by atoms with Gasteiger partial charge in [0.05, 0.1) is 0 Å². The molecule has 2 rings (SSSR count). The summed E-state index contributed by atoms with van der Waals surface area (Å²) in [5, 5.41) is 0. The zero-order valence-corrected chi connectivity index (χ0v) is 5.84.